The van der Waals surface area contributed by atoms with Crippen molar-refractivity contribution >= 4 is 40.9 Å². The van der Waals surface area contributed by atoms with Crippen LogP contribution >= 0.6 is 0 Å². The van der Waals surface area contributed by atoms with Crippen molar-refractivity contribution in [2.24, 2.45) is 0 Å². The van der Waals surface area contributed by atoms with E-state index in [4.69, 9.17) is 4.74 Å². The summed E-state index contributed by atoms with van der Waals surface area (Å²) in [5, 5.41) is 11.3. The third-order valence-electron chi connectivity index (χ3n) is 5.87. The lowest BCUT2D eigenvalue weighted by Gasteiger charge is -2.17. The van der Waals surface area contributed by atoms with Gasteiger partial charge in [-0.15, -0.1) is 0 Å². The van der Waals surface area contributed by atoms with Gasteiger partial charge in [-0.3, -0.25) is 14.4 Å². The van der Waals surface area contributed by atoms with Gasteiger partial charge in [0.2, 0.25) is 11.8 Å². The fourth-order valence-corrected chi connectivity index (χ4v) is 3.90. The van der Waals surface area contributed by atoms with Crippen LogP contribution < -0.4 is 21.3 Å². The van der Waals surface area contributed by atoms with Gasteiger partial charge in [0, 0.05) is 24.0 Å². The molecular weight excluding hydrogens is 484 g/mol. The Morgan fingerprint density at radius 1 is 0.816 bits per heavy atom. The number of hydrogen-bond donors (Lipinski definition) is 4. The second-order valence-electron chi connectivity index (χ2n) is 8.92. The lowest BCUT2D eigenvalue weighted by atomic mass is 10.0. The van der Waals surface area contributed by atoms with Gasteiger partial charge in [-0.1, -0.05) is 42.5 Å². The van der Waals surface area contributed by atoms with Gasteiger partial charge in [-0.05, 0) is 60.4 Å². The van der Waals surface area contributed by atoms with Crippen LogP contribution in [-0.2, 0) is 25.5 Å². The second-order valence-corrected chi connectivity index (χ2v) is 8.92. The Hall–Kier alpha value is -4.66. The molecule has 4 N–H and O–H groups in total. The summed E-state index contributed by atoms with van der Waals surface area (Å²) in [6, 6.07) is 19.0. The SMILES string of the molecule is COC(=O)C[C@@H](NC(C)=O)c1ccc(NC(=O)Cc2ccc(NC(=O)Nc3ccccc3C)c(C)c2)cc1. The molecule has 0 aliphatic rings. The van der Waals surface area contributed by atoms with Crippen LogP contribution in [0, 0.1) is 13.8 Å². The molecule has 0 aliphatic heterocycles. The Kier molecular flexibility index (Phi) is 9.59. The third kappa shape index (κ3) is 8.19. The topological polar surface area (TPSA) is 126 Å². The molecule has 198 valence electrons. The van der Waals surface area contributed by atoms with Crippen molar-refractivity contribution < 1.29 is 23.9 Å². The first-order chi connectivity index (χ1) is 18.1. The summed E-state index contributed by atoms with van der Waals surface area (Å²) in [7, 11) is 1.29. The highest BCUT2D eigenvalue weighted by Crippen LogP contribution is 2.21. The van der Waals surface area contributed by atoms with Gasteiger partial charge in [0.1, 0.15) is 0 Å². The standard InChI is InChI=1S/C29H32N4O5/c1-18-7-5-6-8-24(18)32-29(37)33-25-14-9-21(15-19(25)2)16-27(35)31-23-12-10-22(11-13-23)26(30-20(3)34)17-28(36)38-4/h5-15,26H,16-17H2,1-4H3,(H,30,34)(H,31,35)(H2,32,33,37)/t26-/m1/s1. The average molecular weight is 517 g/mol. The van der Waals surface area contributed by atoms with Gasteiger partial charge in [0.25, 0.3) is 0 Å². The van der Waals surface area contributed by atoms with E-state index in [0.29, 0.717) is 16.9 Å². The first-order valence-electron chi connectivity index (χ1n) is 12.1. The monoisotopic (exact) mass is 516 g/mol. The quantitative estimate of drug-likeness (QED) is 0.302. The fraction of sp³-hybridized carbons (Fsp3) is 0.241. The molecule has 9 nitrogen and oxygen atoms in total. The Bertz CT molecular complexity index is 1320. The maximum absolute atomic E-state index is 12.6. The Morgan fingerprint density at radius 3 is 2.08 bits per heavy atom. The van der Waals surface area contributed by atoms with E-state index in [-0.39, 0.29) is 30.7 Å². The van der Waals surface area contributed by atoms with E-state index < -0.39 is 12.0 Å². The van der Waals surface area contributed by atoms with E-state index in [1.807, 2.05) is 44.2 Å². The van der Waals surface area contributed by atoms with E-state index in [1.165, 1.54) is 14.0 Å². The maximum Gasteiger partial charge on any atom is 0.323 e. The van der Waals surface area contributed by atoms with Crippen LogP contribution in [0.25, 0.3) is 0 Å². The van der Waals surface area contributed by atoms with Crippen molar-refractivity contribution in [2.45, 2.75) is 39.7 Å². The number of para-hydroxylation sites is 1. The number of aryl methyl sites for hydroxylation is 2. The number of nitrogens with one attached hydrogen (secondary N) is 4. The highest BCUT2D eigenvalue weighted by Gasteiger charge is 2.18. The zero-order chi connectivity index (χ0) is 27.7. The molecule has 3 aromatic rings. The maximum atomic E-state index is 12.6. The molecule has 0 aromatic heterocycles. The molecule has 0 fully saturated rings. The number of methoxy groups -OCH3 is 1. The lowest BCUT2D eigenvalue weighted by molar-refractivity contribution is -0.141. The Balaban J connectivity index is 1.57. The second kappa shape index (κ2) is 13.0. The number of ether oxygens (including phenoxy) is 1. The largest absolute Gasteiger partial charge is 0.469 e. The van der Waals surface area contributed by atoms with Crippen molar-refractivity contribution in [1.29, 1.82) is 0 Å². The van der Waals surface area contributed by atoms with Gasteiger partial charge in [-0.25, -0.2) is 4.79 Å². The van der Waals surface area contributed by atoms with Gasteiger partial charge in [0.05, 0.1) is 26.0 Å². The van der Waals surface area contributed by atoms with Crippen molar-refractivity contribution in [2.75, 3.05) is 23.1 Å². The Morgan fingerprint density at radius 2 is 1.47 bits per heavy atom. The van der Waals surface area contributed by atoms with Crippen LogP contribution in [0.4, 0.5) is 21.9 Å². The lowest BCUT2D eigenvalue weighted by Crippen LogP contribution is -2.28. The van der Waals surface area contributed by atoms with Gasteiger partial charge in [-0.2, -0.15) is 0 Å². The first-order valence-corrected chi connectivity index (χ1v) is 12.1. The smallest absolute Gasteiger partial charge is 0.323 e. The van der Waals surface area contributed by atoms with Crippen molar-refractivity contribution in [1.82, 2.24) is 5.32 Å². The molecule has 0 unspecified atom stereocenters. The van der Waals surface area contributed by atoms with Crippen LogP contribution in [0.5, 0.6) is 0 Å². The molecule has 0 saturated carbocycles. The Labute approximate surface area is 222 Å². The van der Waals surface area contributed by atoms with Gasteiger partial charge in [0.15, 0.2) is 0 Å². The fourth-order valence-electron chi connectivity index (χ4n) is 3.90. The minimum atomic E-state index is -0.529. The van der Waals surface area contributed by atoms with Crippen LogP contribution in [-0.4, -0.2) is 30.9 Å². The highest BCUT2D eigenvalue weighted by molar-refractivity contribution is 6.00. The molecule has 9 heteroatoms. The van der Waals surface area contributed by atoms with Crippen LogP contribution in [0.15, 0.2) is 66.7 Å². The van der Waals surface area contributed by atoms with Gasteiger partial charge < -0.3 is 26.0 Å². The van der Waals surface area contributed by atoms with Gasteiger partial charge >= 0.3 is 12.0 Å². The van der Waals surface area contributed by atoms with E-state index in [0.717, 1.165) is 22.4 Å². The first kappa shape index (κ1) is 27.9. The minimum absolute atomic E-state index is 0.000451. The van der Waals surface area contributed by atoms with Crippen LogP contribution in [0.1, 0.15) is 41.6 Å². The molecule has 0 aliphatic carbocycles. The predicted molar refractivity (Wildman–Crippen MR) is 147 cm³/mol. The molecule has 4 amide bonds. The molecule has 3 rings (SSSR count). The number of rotatable bonds is 9. The van der Waals surface area contributed by atoms with Crippen LogP contribution in [0.3, 0.4) is 0 Å². The summed E-state index contributed by atoms with van der Waals surface area (Å²) in [6.07, 6.45) is 0.148. The number of amides is 4. The number of esters is 1. The summed E-state index contributed by atoms with van der Waals surface area (Å²) in [5.74, 6) is -0.910. The number of carbonyl (C=O) groups is 4. The number of hydrogen-bond acceptors (Lipinski definition) is 5. The summed E-state index contributed by atoms with van der Waals surface area (Å²) >= 11 is 0. The summed E-state index contributed by atoms with van der Waals surface area (Å²) in [6.45, 7) is 5.16. The van der Waals surface area contributed by atoms with E-state index >= 15 is 0 Å². The molecule has 1 atom stereocenters. The number of urea groups is 1. The van der Waals surface area contributed by atoms with Crippen molar-refractivity contribution in [3.8, 4) is 0 Å². The number of carbonyl (C=O) groups excluding carboxylic acids is 4. The summed E-state index contributed by atoms with van der Waals surface area (Å²) < 4.78 is 4.71. The van der Waals surface area contributed by atoms with E-state index in [2.05, 4.69) is 21.3 Å². The summed E-state index contributed by atoms with van der Waals surface area (Å²) in [5.41, 5.74) is 5.27. The molecular formula is C29H32N4O5. The average Bonchev–Trinajstić information content (AvgIpc) is 2.86. The molecule has 38 heavy (non-hydrogen) atoms. The molecule has 3 aromatic carbocycles. The minimum Gasteiger partial charge on any atom is -0.469 e. The molecule has 0 radical (unpaired) electrons. The van der Waals surface area contributed by atoms with Crippen LogP contribution in [0.2, 0.25) is 0 Å². The number of anilines is 3. The molecule has 0 heterocycles. The third-order valence-corrected chi connectivity index (χ3v) is 5.87. The van der Waals surface area contributed by atoms with E-state index in [1.54, 1.807) is 36.4 Å². The zero-order valence-corrected chi connectivity index (χ0v) is 21.9. The summed E-state index contributed by atoms with van der Waals surface area (Å²) in [4.78, 5) is 48.3. The normalized spacial score (nSPS) is 11.2. The molecule has 0 saturated heterocycles. The zero-order valence-electron chi connectivity index (χ0n) is 21.9. The van der Waals surface area contributed by atoms with Crippen molar-refractivity contribution in [3.63, 3.8) is 0 Å². The molecule has 0 spiro atoms. The van der Waals surface area contributed by atoms with Crippen molar-refractivity contribution in [3.05, 3.63) is 89.0 Å². The highest BCUT2D eigenvalue weighted by atomic mass is 16.5. The van der Waals surface area contributed by atoms with E-state index in [9.17, 15) is 19.2 Å². The predicted octanol–water partition coefficient (Wildman–Crippen LogP) is 4.87. The molecule has 0 bridgehead atoms. The number of benzene rings is 3.